The van der Waals surface area contributed by atoms with Crippen molar-refractivity contribution in [2.45, 2.75) is 36.9 Å². The highest BCUT2D eigenvalue weighted by molar-refractivity contribution is 7.89. The Morgan fingerprint density at radius 2 is 1.83 bits per heavy atom. The van der Waals surface area contributed by atoms with Gasteiger partial charge in [-0.05, 0) is 54.8 Å². The first-order chi connectivity index (χ1) is 14.2. The minimum absolute atomic E-state index is 0.115. The lowest BCUT2D eigenvalue weighted by molar-refractivity contribution is -0.124. The molecular weight excluding hydrogens is 428 g/mol. The molecule has 0 bridgehead atoms. The normalized spacial score (nSPS) is 17.3. The first-order valence-electron chi connectivity index (χ1n) is 8.96. The van der Waals surface area contributed by atoms with Gasteiger partial charge < -0.3 is 10.1 Å². The fraction of sp³-hybridized carbons (Fsp3) is 0.316. The van der Waals surface area contributed by atoms with Gasteiger partial charge in [0.2, 0.25) is 15.9 Å². The number of rotatable bonds is 7. The summed E-state index contributed by atoms with van der Waals surface area (Å²) in [6.45, 7) is -3.22. The maximum Gasteiger partial charge on any atom is 0.387 e. The molecule has 162 valence electrons. The van der Waals surface area contributed by atoms with Crippen LogP contribution < -0.4 is 10.1 Å². The second-order valence-corrected chi connectivity index (χ2v) is 8.51. The number of carbonyl (C=O) groups excluding carboxylic acids is 1. The van der Waals surface area contributed by atoms with Gasteiger partial charge in [0.25, 0.3) is 0 Å². The fourth-order valence-corrected chi connectivity index (χ4v) is 4.89. The smallest absolute Gasteiger partial charge is 0.387 e. The Labute approximate surface area is 170 Å². The van der Waals surface area contributed by atoms with Crippen molar-refractivity contribution >= 4 is 15.9 Å². The van der Waals surface area contributed by atoms with Crippen molar-refractivity contribution in [3.05, 3.63) is 59.7 Å². The summed E-state index contributed by atoms with van der Waals surface area (Å²) < 4.78 is 82.1. The van der Waals surface area contributed by atoms with Crippen LogP contribution in [0, 0.1) is 11.6 Å². The van der Waals surface area contributed by atoms with Crippen molar-refractivity contribution in [2.24, 2.45) is 0 Å². The van der Waals surface area contributed by atoms with Crippen molar-refractivity contribution in [3.63, 3.8) is 0 Å². The third-order valence-electron chi connectivity index (χ3n) is 4.55. The van der Waals surface area contributed by atoms with Crippen molar-refractivity contribution in [2.75, 3.05) is 6.54 Å². The zero-order valence-electron chi connectivity index (χ0n) is 15.5. The van der Waals surface area contributed by atoms with Crippen LogP contribution in [-0.2, 0) is 21.4 Å². The Balaban J connectivity index is 1.71. The predicted molar refractivity (Wildman–Crippen MR) is 98.2 cm³/mol. The number of ether oxygens (including phenoxy) is 1. The second-order valence-electron chi connectivity index (χ2n) is 6.62. The molecule has 1 saturated heterocycles. The molecule has 2 aromatic rings. The van der Waals surface area contributed by atoms with Crippen LogP contribution in [0.4, 0.5) is 17.6 Å². The number of halogens is 4. The van der Waals surface area contributed by atoms with Crippen LogP contribution >= 0.6 is 0 Å². The van der Waals surface area contributed by atoms with Crippen molar-refractivity contribution in [3.8, 4) is 5.75 Å². The maximum atomic E-state index is 13.6. The highest BCUT2D eigenvalue weighted by atomic mass is 32.2. The molecule has 2 aromatic carbocycles. The number of sulfonamides is 1. The van der Waals surface area contributed by atoms with Crippen LogP contribution in [-0.4, -0.2) is 37.8 Å². The van der Waals surface area contributed by atoms with E-state index >= 15 is 0 Å². The zero-order valence-corrected chi connectivity index (χ0v) is 16.3. The van der Waals surface area contributed by atoms with Gasteiger partial charge >= 0.3 is 6.61 Å². The average Bonchev–Trinajstić information content (AvgIpc) is 3.16. The molecule has 1 aliphatic rings. The molecule has 1 amide bonds. The maximum absolute atomic E-state index is 13.6. The summed E-state index contributed by atoms with van der Waals surface area (Å²) >= 11 is 0. The van der Waals surface area contributed by atoms with E-state index < -0.39 is 46.0 Å². The van der Waals surface area contributed by atoms with Crippen molar-refractivity contribution in [1.29, 1.82) is 0 Å². The third-order valence-corrected chi connectivity index (χ3v) is 6.47. The molecule has 0 spiro atoms. The summed E-state index contributed by atoms with van der Waals surface area (Å²) in [7, 11) is -4.02. The monoisotopic (exact) mass is 446 g/mol. The van der Waals surface area contributed by atoms with E-state index in [1.165, 1.54) is 0 Å². The van der Waals surface area contributed by atoms with Crippen LogP contribution in [0.5, 0.6) is 5.75 Å². The van der Waals surface area contributed by atoms with Gasteiger partial charge in [-0.25, -0.2) is 17.2 Å². The van der Waals surface area contributed by atoms with Gasteiger partial charge in [0, 0.05) is 19.2 Å². The summed E-state index contributed by atoms with van der Waals surface area (Å²) in [5.74, 6) is -2.41. The average molecular weight is 446 g/mol. The Morgan fingerprint density at radius 3 is 2.50 bits per heavy atom. The molecule has 0 aliphatic carbocycles. The van der Waals surface area contributed by atoms with E-state index in [9.17, 15) is 30.8 Å². The predicted octanol–water partition coefficient (Wildman–Crippen LogP) is 3.04. The SMILES string of the molecule is O=C(NCc1cc(F)cc(OC(F)F)c1)[C@@H]1CCCN1S(=O)(=O)c1ccc(F)cc1. The van der Waals surface area contributed by atoms with E-state index in [1.54, 1.807) is 0 Å². The van der Waals surface area contributed by atoms with Crippen LogP contribution in [0.25, 0.3) is 0 Å². The Kier molecular flexibility index (Phi) is 6.61. The second kappa shape index (κ2) is 9.00. The highest BCUT2D eigenvalue weighted by Crippen LogP contribution is 2.26. The van der Waals surface area contributed by atoms with E-state index in [0.717, 1.165) is 46.8 Å². The van der Waals surface area contributed by atoms with Gasteiger partial charge in [0.15, 0.2) is 0 Å². The molecule has 3 rings (SSSR count). The Morgan fingerprint density at radius 1 is 1.13 bits per heavy atom. The number of carbonyl (C=O) groups is 1. The summed E-state index contributed by atoms with van der Waals surface area (Å²) in [6, 6.07) is 6.25. The fourth-order valence-electron chi connectivity index (χ4n) is 3.23. The minimum atomic E-state index is -4.02. The number of alkyl halides is 2. The summed E-state index contributed by atoms with van der Waals surface area (Å²) in [5.41, 5.74) is 0.171. The van der Waals surface area contributed by atoms with Crippen LogP contribution in [0.15, 0.2) is 47.4 Å². The van der Waals surface area contributed by atoms with Gasteiger partial charge in [0.05, 0.1) is 4.90 Å². The van der Waals surface area contributed by atoms with Gasteiger partial charge in [-0.3, -0.25) is 4.79 Å². The topological polar surface area (TPSA) is 75.7 Å². The largest absolute Gasteiger partial charge is 0.435 e. The van der Waals surface area contributed by atoms with Crippen LogP contribution in [0.2, 0.25) is 0 Å². The molecule has 1 heterocycles. The molecule has 0 saturated carbocycles. The number of amides is 1. The zero-order chi connectivity index (χ0) is 21.9. The molecule has 6 nitrogen and oxygen atoms in total. The standard InChI is InChI=1S/C19H18F4N2O4S/c20-13-3-5-16(6-4-13)30(27,28)25-7-1-2-17(25)18(26)24-11-12-8-14(21)10-15(9-12)29-19(22)23/h3-6,8-10,17,19H,1-2,7,11H2,(H,24,26)/t17-/m0/s1. The van der Waals surface area contributed by atoms with Gasteiger partial charge in [-0.15, -0.1) is 0 Å². The Bertz CT molecular complexity index is 1020. The summed E-state index contributed by atoms with van der Waals surface area (Å²) in [6.07, 6.45) is 0.722. The minimum Gasteiger partial charge on any atom is -0.435 e. The molecule has 0 radical (unpaired) electrons. The van der Waals surface area contributed by atoms with Crippen molar-refractivity contribution < 1.29 is 35.5 Å². The number of hydrogen-bond acceptors (Lipinski definition) is 4. The number of hydrogen-bond donors (Lipinski definition) is 1. The third kappa shape index (κ3) is 5.08. The first-order valence-corrected chi connectivity index (χ1v) is 10.4. The number of nitrogens with zero attached hydrogens (tertiary/aromatic N) is 1. The molecule has 1 aliphatic heterocycles. The van der Waals surface area contributed by atoms with Crippen molar-refractivity contribution in [1.82, 2.24) is 9.62 Å². The number of benzene rings is 2. The highest BCUT2D eigenvalue weighted by Gasteiger charge is 2.39. The van der Waals surface area contributed by atoms with Crippen LogP contribution in [0.3, 0.4) is 0 Å². The Hall–Kier alpha value is -2.66. The lowest BCUT2D eigenvalue weighted by atomic mass is 10.2. The molecule has 1 atom stereocenters. The number of nitrogens with one attached hydrogen (secondary N) is 1. The van der Waals surface area contributed by atoms with E-state index in [2.05, 4.69) is 10.1 Å². The molecule has 11 heteroatoms. The van der Waals surface area contributed by atoms with Gasteiger partial charge in [-0.1, -0.05) is 0 Å². The molecule has 0 aromatic heterocycles. The van der Waals surface area contributed by atoms with Crippen LogP contribution in [0.1, 0.15) is 18.4 Å². The summed E-state index contributed by atoms with van der Waals surface area (Å²) in [5, 5.41) is 2.50. The lowest BCUT2D eigenvalue weighted by Crippen LogP contribution is -2.45. The molecule has 1 N–H and O–H groups in total. The quantitative estimate of drug-likeness (QED) is 0.664. The van der Waals surface area contributed by atoms with Gasteiger partial charge in [0.1, 0.15) is 23.4 Å². The van der Waals surface area contributed by atoms with Gasteiger partial charge in [-0.2, -0.15) is 13.1 Å². The van der Waals surface area contributed by atoms with E-state index in [1.807, 2.05) is 0 Å². The lowest BCUT2D eigenvalue weighted by Gasteiger charge is -2.23. The first kappa shape index (κ1) is 22.0. The molecule has 0 unspecified atom stereocenters. The summed E-state index contributed by atoms with van der Waals surface area (Å²) in [4.78, 5) is 12.5. The molecular formula is C19H18F4N2O4S. The van der Waals surface area contributed by atoms with E-state index in [-0.39, 0.29) is 30.0 Å². The van der Waals surface area contributed by atoms with E-state index in [0.29, 0.717) is 6.42 Å². The molecule has 30 heavy (non-hydrogen) atoms. The molecule has 1 fully saturated rings. The van der Waals surface area contributed by atoms with E-state index in [4.69, 9.17) is 0 Å².